The molecule has 1 saturated carbocycles. The summed E-state index contributed by atoms with van der Waals surface area (Å²) in [5.74, 6) is 0.365. The van der Waals surface area contributed by atoms with Crippen molar-refractivity contribution in [3.63, 3.8) is 0 Å². The van der Waals surface area contributed by atoms with E-state index in [9.17, 15) is 18.4 Å². The molecule has 7 heteroatoms. The van der Waals surface area contributed by atoms with Crippen molar-refractivity contribution in [2.45, 2.75) is 44.1 Å². The summed E-state index contributed by atoms with van der Waals surface area (Å²) in [6.07, 6.45) is 2.32. The zero-order chi connectivity index (χ0) is 20.5. The lowest BCUT2D eigenvalue weighted by atomic mass is 9.97. The molecular weight excluding hydrogens is 378 g/mol. The lowest BCUT2D eigenvalue weighted by molar-refractivity contribution is -0.119. The zero-order valence-corrected chi connectivity index (χ0v) is 16.0. The van der Waals surface area contributed by atoms with Gasteiger partial charge in [0.25, 0.3) is 12.0 Å². The van der Waals surface area contributed by atoms with Crippen molar-refractivity contribution in [1.82, 2.24) is 10.3 Å². The second kappa shape index (κ2) is 7.81. The molecule has 2 N–H and O–H groups in total. The van der Waals surface area contributed by atoms with E-state index < -0.39 is 6.43 Å². The van der Waals surface area contributed by atoms with Crippen LogP contribution in [0.4, 0.5) is 8.78 Å². The summed E-state index contributed by atoms with van der Waals surface area (Å²) in [4.78, 5) is 27.1. The Hall–Kier alpha value is -2.96. The third kappa shape index (κ3) is 4.09. The Balaban J connectivity index is 1.79. The van der Waals surface area contributed by atoms with Gasteiger partial charge >= 0.3 is 0 Å². The molecule has 0 bridgehead atoms. The predicted molar refractivity (Wildman–Crippen MR) is 105 cm³/mol. The first-order valence-corrected chi connectivity index (χ1v) is 9.67. The molecule has 1 aromatic heterocycles. The van der Waals surface area contributed by atoms with E-state index in [4.69, 9.17) is 4.74 Å². The molecule has 29 heavy (non-hydrogen) atoms. The molecule has 2 heterocycles. The fourth-order valence-electron chi connectivity index (χ4n) is 3.72. The normalized spacial score (nSPS) is 19.5. The molecule has 1 aromatic carbocycles. The summed E-state index contributed by atoms with van der Waals surface area (Å²) >= 11 is 0. The third-order valence-electron chi connectivity index (χ3n) is 5.42. The topological polar surface area (TPSA) is 71.2 Å². The largest absolute Gasteiger partial charge is 0.496 e. The predicted octanol–water partition coefficient (Wildman–Crippen LogP) is 3.91. The average molecular weight is 400 g/mol. The highest BCUT2D eigenvalue weighted by Crippen LogP contribution is 2.39. The number of methoxy groups -OCH3 is 1. The van der Waals surface area contributed by atoms with Gasteiger partial charge in [-0.05, 0) is 48.9 Å². The number of nitrogens with one attached hydrogen (secondary N) is 2. The van der Waals surface area contributed by atoms with Gasteiger partial charge in [-0.25, -0.2) is 8.78 Å². The minimum atomic E-state index is -2.65. The summed E-state index contributed by atoms with van der Waals surface area (Å²) in [6.45, 7) is 0. The molecule has 2 aromatic rings. The van der Waals surface area contributed by atoms with E-state index in [0.717, 1.165) is 18.4 Å². The summed E-state index contributed by atoms with van der Waals surface area (Å²) in [5, 5.41) is 2.88. The van der Waals surface area contributed by atoms with Crippen LogP contribution in [-0.4, -0.2) is 24.0 Å². The van der Waals surface area contributed by atoms with Crippen LogP contribution in [0.3, 0.4) is 0 Å². The molecule has 1 amide bonds. The van der Waals surface area contributed by atoms with Crippen LogP contribution in [0.15, 0.2) is 41.2 Å². The van der Waals surface area contributed by atoms with E-state index in [1.54, 1.807) is 6.07 Å². The molecule has 0 spiro atoms. The molecule has 0 radical (unpaired) electrons. The average Bonchev–Trinajstić information content (AvgIpc) is 3.46. The Kier molecular flexibility index (Phi) is 5.22. The van der Waals surface area contributed by atoms with Crippen molar-refractivity contribution >= 4 is 11.5 Å². The summed E-state index contributed by atoms with van der Waals surface area (Å²) in [6, 6.07) is 7.93. The van der Waals surface area contributed by atoms with E-state index in [-0.39, 0.29) is 28.8 Å². The van der Waals surface area contributed by atoms with Crippen LogP contribution >= 0.6 is 0 Å². The first kappa shape index (κ1) is 19.4. The Morgan fingerprint density at radius 2 is 1.97 bits per heavy atom. The number of hydrogen-bond acceptors (Lipinski definition) is 3. The first-order chi connectivity index (χ1) is 14.0. The van der Waals surface area contributed by atoms with Gasteiger partial charge in [0.1, 0.15) is 5.75 Å². The van der Waals surface area contributed by atoms with Gasteiger partial charge in [0.2, 0.25) is 5.91 Å². The monoisotopic (exact) mass is 400 g/mol. The van der Waals surface area contributed by atoms with Crippen LogP contribution in [-0.2, 0) is 4.79 Å². The molecular formula is C22H22F2N2O3. The Morgan fingerprint density at radius 1 is 1.17 bits per heavy atom. The number of halogens is 2. The third-order valence-corrected chi connectivity index (χ3v) is 5.42. The molecule has 4 rings (SSSR count). The van der Waals surface area contributed by atoms with Crippen LogP contribution in [0, 0.1) is 0 Å². The summed E-state index contributed by atoms with van der Waals surface area (Å²) < 4.78 is 31.6. The number of aromatic amines is 1. The number of hydrogen-bond donors (Lipinski definition) is 2. The minimum absolute atomic E-state index is 0.0335. The van der Waals surface area contributed by atoms with Gasteiger partial charge in [0.15, 0.2) is 0 Å². The molecule has 152 valence electrons. The maximum Gasteiger partial charge on any atom is 0.267 e. The van der Waals surface area contributed by atoms with Crippen molar-refractivity contribution in [3.05, 3.63) is 69.1 Å². The van der Waals surface area contributed by atoms with E-state index >= 15 is 0 Å². The lowest BCUT2D eigenvalue weighted by Gasteiger charge is -2.15. The van der Waals surface area contributed by atoms with Crippen LogP contribution in [0.5, 0.6) is 5.75 Å². The highest BCUT2D eigenvalue weighted by molar-refractivity contribution is 5.82. The molecule has 1 atom stereocenters. The SMILES string of the molecule is COc1cc(/C(=C/[C@H]2CCC(=O)N2)c2ccc(C3CC3)c(=O)[nH]2)ccc1C(F)F. The van der Waals surface area contributed by atoms with Crippen LogP contribution in [0.2, 0.25) is 0 Å². The van der Waals surface area contributed by atoms with Gasteiger partial charge in [0, 0.05) is 29.3 Å². The summed E-state index contributed by atoms with van der Waals surface area (Å²) in [5.41, 5.74) is 2.31. The maximum absolute atomic E-state index is 13.2. The van der Waals surface area contributed by atoms with Crippen LogP contribution in [0.25, 0.3) is 5.57 Å². The van der Waals surface area contributed by atoms with E-state index in [2.05, 4.69) is 10.3 Å². The van der Waals surface area contributed by atoms with Crippen molar-refractivity contribution in [2.24, 2.45) is 0 Å². The number of rotatable bonds is 6. The van der Waals surface area contributed by atoms with E-state index in [0.29, 0.717) is 35.6 Å². The Morgan fingerprint density at radius 3 is 2.55 bits per heavy atom. The maximum atomic E-state index is 13.2. The Bertz CT molecular complexity index is 1020. The highest BCUT2D eigenvalue weighted by atomic mass is 19.3. The number of alkyl halides is 2. The fourth-order valence-corrected chi connectivity index (χ4v) is 3.72. The number of H-pyrrole nitrogens is 1. The number of aromatic nitrogens is 1. The quantitative estimate of drug-likeness (QED) is 0.772. The number of carbonyl (C=O) groups excluding carboxylic acids is 1. The second-order valence-corrected chi connectivity index (χ2v) is 7.48. The number of amides is 1. The van der Waals surface area contributed by atoms with E-state index in [1.807, 2.05) is 18.2 Å². The number of benzene rings is 1. The van der Waals surface area contributed by atoms with E-state index in [1.165, 1.54) is 19.2 Å². The molecule has 2 aliphatic rings. The standard InChI is InChI=1S/C22H22F2N2O3/c1-29-19-10-13(4-6-16(19)21(23)24)17(11-14-5-9-20(27)25-14)18-8-7-15(12-2-3-12)22(28)26-18/h4,6-8,10-12,14,21H,2-3,5,9H2,1H3,(H,25,27)(H,26,28)/b17-11-/t14-/m1/s1. The lowest BCUT2D eigenvalue weighted by Crippen LogP contribution is -2.23. The van der Waals surface area contributed by atoms with Crippen LogP contribution < -0.4 is 15.6 Å². The number of carbonyl (C=O) groups is 1. The molecule has 1 aliphatic heterocycles. The molecule has 5 nitrogen and oxygen atoms in total. The molecule has 1 aliphatic carbocycles. The van der Waals surface area contributed by atoms with Gasteiger partial charge in [-0.15, -0.1) is 0 Å². The number of pyridine rings is 1. The first-order valence-electron chi connectivity index (χ1n) is 9.67. The summed E-state index contributed by atoms with van der Waals surface area (Å²) in [7, 11) is 1.35. The van der Waals surface area contributed by atoms with Gasteiger partial charge in [-0.1, -0.05) is 18.2 Å². The highest BCUT2D eigenvalue weighted by Gasteiger charge is 2.27. The van der Waals surface area contributed by atoms with Gasteiger partial charge in [-0.3, -0.25) is 9.59 Å². The molecule has 2 fully saturated rings. The van der Waals surface area contributed by atoms with Crippen molar-refractivity contribution < 1.29 is 18.3 Å². The molecule has 0 unspecified atom stereocenters. The van der Waals surface area contributed by atoms with Crippen LogP contribution in [0.1, 0.15) is 60.4 Å². The zero-order valence-electron chi connectivity index (χ0n) is 16.0. The fraction of sp³-hybridized carbons (Fsp3) is 0.364. The smallest absolute Gasteiger partial charge is 0.267 e. The van der Waals surface area contributed by atoms with Gasteiger partial charge in [-0.2, -0.15) is 0 Å². The van der Waals surface area contributed by atoms with Crippen molar-refractivity contribution in [3.8, 4) is 5.75 Å². The van der Waals surface area contributed by atoms with Gasteiger partial charge < -0.3 is 15.0 Å². The van der Waals surface area contributed by atoms with Crippen molar-refractivity contribution in [2.75, 3.05) is 7.11 Å². The second-order valence-electron chi connectivity index (χ2n) is 7.48. The van der Waals surface area contributed by atoms with Crippen molar-refractivity contribution in [1.29, 1.82) is 0 Å². The van der Waals surface area contributed by atoms with Gasteiger partial charge in [0.05, 0.1) is 12.7 Å². The Labute approximate surface area is 166 Å². The minimum Gasteiger partial charge on any atom is -0.496 e. The molecule has 1 saturated heterocycles. The number of ether oxygens (including phenoxy) is 1.